The summed E-state index contributed by atoms with van der Waals surface area (Å²) in [6.45, 7) is 0. The van der Waals surface area contributed by atoms with Crippen LogP contribution >= 0.6 is 0 Å². The lowest BCUT2D eigenvalue weighted by atomic mass is 9.93. The first-order valence-electron chi connectivity index (χ1n) is 20.6. The van der Waals surface area contributed by atoms with Crippen LogP contribution in [0.5, 0.6) is 0 Å². The summed E-state index contributed by atoms with van der Waals surface area (Å²) in [5.41, 5.74) is 12.3. The molecule has 11 aromatic carbocycles. The molecular formula is C58H37NO. The summed E-state index contributed by atoms with van der Waals surface area (Å²) in [6, 6.07) is 81.4. The maximum absolute atomic E-state index is 6.28. The monoisotopic (exact) mass is 763 g/mol. The minimum absolute atomic E-state index is 0.915. The summed E-state index contributed by atoms with van der Waals surface area (Å²) in [5.74, 6) is 0. The summed E-state index contributed by atoms with van der Waals surface area (Å²) < 4.78 is 6.28. The molecule has 0 radical (unpaired) electrons. The molecule has 0 spiro atoms. The summed E-state index contributed by atoms with van der Waals surface area (Å²) in [6.07, 6.45) is 0. The molecule has 12 rings (SSSR count). The van der Waals surface area contributed by atoms with Crippen LogP contribution in [-0.4, -0.2) is 0 Å². The fourth-order valence-corrected chi connectivity index (χ4v) is 9.41. The van der Waals surface area contributed by atoms with Gasteiger partial charge < -0.3 is 9.32 Å². The minimum atomic E-state index is 0.915. The molecule has 0 aliphatic rings. The van der Waals surface area contributed by atoms with Crippen molar-refractivity contribution in [3.63, 3.8) is 0 Å². The summed E-state index contributed by atoms with van der Waals surface area (Å²) in [7, 11) is 0. The van der Waals surface area contributed by atoms with Crippen molar-refractivity contribution in [2.75, 3.05) is 4.90 Å². The van der Waals surface area contributed by atoms with Gasteiger partial charge in [0.2, 0.25) is 0 Å². The molecule has 0 saturated heterocycles. The Kier molecular flexibility index (Phi) is 7.89. The second-order valence-electron chi connectivity index (χ2n) is 15.6. The number of para-hydroxylation sites is 2. The van der Waals surface area contributed by atoms with Crippen LogP contribution in [0.15, 0.2) is 229 Å². The summed E-state index contributed by atoms with van der Waals surface area (Å²) >= 11 is 0. The molecule has 0 aliphatic heterocycles. The molecule has 0 N–H and O–H groups in total. The first kappa shape index (κ1) is 34.1. The second kappa shape index (κ2) is 13.9. The molecule has 0 atom stereocenters. The van der Waals surface area contributed by atoms with E-state index < -0.39 is 0 Å². The van der Waals surface area contributed by atoms with Crippen LogP contribution in [0.3, 0.4) is 0 Å². The Morgan fingerprint density at radius 1 is 0.283 bits per heavy atom. The van der Waals surface area contributed by atoms with Crippen LogP contribution < -0.4 is 4.90 Å². The Morgan fingerprint density at radius 2 is 0.917 bits per heavy atom. The van der Waals surface area contributed by atoms with Crippen molar-refractivity contribution < 1.29 is 4.42 Å². The zero-order chi connectivity index (χ0) is 39.6. The number of benzene rings is 11. The molecule has 12 aromatic rings. The molecule has 0 bridgehead atoms. The third kappa shape index (κ3) is 5.57. The third-order valence-corrected chi connectivity index (χ3v) is 12.2. The molecule has 0 unspecified atom stereocenters. The zero-order valence-electron chi connectivity index (χ0n) is 32.7. The van der Waals surface area contributed by atoms with Gasteiger partial charge in [-0.05, 0) is 126 Å². The van der Waals surface area contributed by atoms with E-state index in [2.05, 4.69) is 223 Å². The third-order valence-electron chi connectivity index (χ3n) is 12.2. The van der Waals surface area contributed by atoms with Gasteiger partial charge in [-0.3, -0.25) is 0 Å². The highest BCUT2D eigenvalue weighted by atomic mass is 16.3. The maximum Gasteiger partial charge on any atom is 0.136 e. The van der Waals surface area contributed by atoms with Gasteiger partial charge in [0.05, 0.1) is 5.69 Å². The van der Waals surface area contributed by atoms with Crippen LogP contribution in [0.25, 0.3) is 98.4 Å². The molecule has 0 amide bonds. The van der Waals surface area contributed by atoms with Gasteiger partial charge in [0.25, 0.3) is 0 Å². The van der Waals surface area contributed by atoms with Crippen LogP contribution in [0, 0.1) is 0 Å². The highest BCUT2D eigenvalue weighted by molar-refractivity contribution is 6.20. The molecule has 0 fully saturated rings. The SMILES string of the molecule is c1ccc(-c2ccccc2N(c2ccc(-c3cc4ccccc4c4ccccc34)cc2)c2ccc3c(-c4ccc5ccc6oc7ccccc7c6c5c4)cccc3c2)cc1. The van der Waals surface area contributed by atoms with Gasteiger partial charge in [0, 0.05) is 27.7 Å². The van der Waals surface area contributed by atoms with Gasteiger partial charge >= 0.3 is 0 Å². The van der Waals surface area contributed by atoms with Crippen LogP contribution in [0.1, 0.15) is 0 Å². The Bertz CT molecular complexity index is 3600. The van der Waals surface area contributed by atoms with Crippen LogP contribution in [0.2, 0.25) is 0 Å². The number of fused-ring (bicyclic) bond motifs is 9. The normalized spacial score (nSPS) is 11.7. The topological polar surface area (TPSA) is 16.4 Å². The number of hydrogen-bond donors (Lipinski definition) is 0. The quantitative estimate of drug-likeness (QED) is 0.157. The van der Waals surface area contributed by atoms with Crippen LogP contribution in [-0.2, 0) is 0 Å². The lowest BCUT2D eigenvalue weighted by Gasteiger charge is -2.28. The van der Waals surface area contributed by atoms with Crippen molar-refractivity contribution in [1.29, 1.82) is 0 Å². The molecule has 0 saturated carbocycles. The fraction of sp³-hybridized carbons (Fsp3) is 0. The van der Waals surface area contributed by atoms with E-state index in [1.54, 1.807) is 0 Å². The predicted octanol–water partition coefficient (Wildman–Crippen LogP) is 16.7. The second-order valence-corrected chi connectivity index (χ2v) is 15.6. The van der Waals surface area contributed by atoms with E-state index in [1.165, 1.54) is 81.9 Å². The number of hydrogen-bond acceptors (Lipinski definition) is 2. The molecule has 1 heterocycles. The van der Waals surface area contributed by atoms with E-state index in [9.17, 15) is 0 Å². The lowest BCUT2D eigenvalue weighted by Crippen LogP contribution is -2.11. The van der Waals surface area contributed by atoms with E-state index in [-0.39, 0.29) is 0 Å². The molecule has 0 aliphatic carbocycles. The standard InChI is InChI=1S/C58H37NO/c1-2-13-38(14-3-1)49-18-8-10-23-55(49)59(44-30-27-39(28-31-44)53-36-42-15-4-5-17-47(42)50-19-6-7-20-51(50)53)45-32-33-48-41(35-45)16-12-22-46(48)43-26-25-40-29-34-57-58(54(40)37-43)52-21-9-11-24-56(52)60-57/h1-37H. The van der Waals surface area contributed by atoms with Crippen LogP contribution in [0.4, 0.5) is 17.1 Å². The molecule has 2 heteroatoms. The molecule has 1 aromatic heterocycles. The highest BCUT2D eigenvalue weighted by Crippen LogP contribution is 2.44. The zero-order valence-corrected chi connectivity index (χ0v) is 32.7. The lowest BCUT2D eigenvalue weighted by molar-refractivity contribution is 0.669. The van der Waals surface area contributed by atoms with E-state index in [4.69, 9.17) is 4.42 Å². The van der Waals surface area contributed by atoms with Crippen molar-refractivity contribution in [1.82, 2.24) is 0 Å². The fourth-order valence-electron chi connectivity index (χ4n) is 9.41. The van der Waals surface area contributed by atoms with Crippen molar-refractivity contribution in [3.05, 3.63) is 224 Å². The smallest absolute Gasteiger partial charge is 0.136 e. The van der Waals surface area contributed by atoms with E-state index in [0.717, 1.165) is 33.6 Å². The van der Waals surface area contributed by atoms with Gasteiger partial charge in [-0.2, -0.15) is 0 Å². The van der Waals surface area contributed by atoms with Gasteiger partial charge in [0.15, 0.2) is 0 Å². The molecular weight excluding hydrogens is 727 g/mol. The van der Waals surface area contributed by atoms with E-state index in [0.29, 0.717) is 0 Å². The average Bonchev–Trinajstić information content (AvgIpc) is 3.71. The van der Waals surface area contributed by atoms with Gasteiger partial charge in [0.1, 0.15) is 11.2 Å². The number of rotatable bonds is 6. The predicted molar refractivity (Wildman–Crippen MR) is 255 cm³/mol. The van der Waals surface area contributed by atoms with E-state index in [1.807, 2.05) is 6.07 Å². The highest BCUT2D eigenvalue weighted by Gasteiger charge is 2.19. The van der Waals surface area contributed by atoms with Gasteiger partial charge in [-0.15, -0.1) is 0 Å². The number of furan rings is 1. The average molecular weight is 764 g/mol. The Hall–Kier alpha value is -7.94. The molecule has 280 valence electrons. The van der Waals surface area contributed by atoms with Crippen molar-refractivity contribution >= 4 is 82.1 Å². The first-order chi connectivity index (χ1) is 29.7. The number of nitrogens with zero attached hydrogens (tertiary/aromatic N) is 1. The summed E-state index contributed by atoms with van der Waals surface area (Å²) in [5, 5.41) is 12.2. The first-order valence-corrected chi connectivity index (χ1v) is 20.6. The number of anilines is 3. The van der Waals surface area contributed by atoms with Gasteiger partial charge in [-0.25, -0.2) is 0 Å². The molecule has 2 nitrogen and oxygen atoms in total. The molecule has 60 heavy (non-hydrogen) atoms. The Morgan fingerprint density at radius 3 is 1.80 bits per heavy atom. The van der Waals surface area contributed by atoms with Crippen molar-refractivity contribution in [2.45, 2.75) is 0 Å². The van der Waals surface area contributed by atoms with Gasteiger partial charge in [-0.1, -0.05) is 170 Å². The minimum Gasteiger partial charge on any atom is -0.456 e. The van der Waals surface area contributed by atoms with Crippen molar-refractivity contribution in [2.24, 2.45) is 0 Å². The summed E-state index contributed by atoms with van der Waals surface area (Å²) in [4.78, 5) is 2.41. The maximum atomic E-state index is 6.28. The van der Waals surface area contributed by atoms with Crippen molar-refractivity contribution in [3.8, 4) is 33.4 Å². The van der Waals surface area contributed by atoms with E-state index >= 15 is 0 Å². The Labute approximate surface area is 347 Å². The Balaban J connectivity index is 1.01. The largest absolute Gasteiger partial charge is 0.456 e.